The number of hydrogen-bond acceptors (Lipinski definition) is 4. The van der Waals surface area contributed by atoms with Crippen LogP contribution in [0.15, 0.2) is 24.3 Å². The number of aliphatic carboxylic acids is 1. The highest BCUT2D eigenvalue weighted by Gasteiger charge is 2.12. The maximum absolute atomic E-state index is 12.7. The molecule has 1 amide bonds. The van der Waals surface area contributed by atoms with Crippen molar-refractivity contribution >= 4 is 17.8 Å². The summed E-state index contributed by atoms with van der Waals surface area (Å²) in [5, 5.41) is 11.1. The molecule has 0 aliphatic heterocycles. The summed E-state index contributed by atoms with van der Waals surface area (Å²) in [4.78, 5) is 35.0. The summed E-state index contributed by atoms with van der Waals surface area (Å²) in [5.74, 6) is -1.34. The molecule has 52 heavy (non-hydrogen) atoms. The van der Waals surface area contributed by atoms with Gasteiger partial charge < -0.3 is 15.2 Å². The molecule has 0 aromatic carbocycles. The lowest BCUT2D eigenvalue weighted by atomic mass is 10.0. The molecule has 0 aliphatic rings. The highest BCUT2D eigenvalue weighted by atomic mass is 16.5. The van der Waals surface area contributed by atoms with Gasteiger partial charge in [0.25, 0.3) is 0 Å². The molecule has 1 unspecified atom stereocenters. The van der Waals surface area contributed by atoms with Crippen molar-refractivity contribution in [3.63, 3.8) is 0 Å². The number of carboxylic acid groups (broad SMARTS) is 1. The monoisotopic (exact) mass is 732 g/mol. The molecule has 0 rings (SSSR count). The SMILES string of the molecule is CCCCCC/C=C\C/C=C\C(CCCCCCC(=O)NCC(=O)O)OC(=O)CCCCCCCCCCCCCCCCCCCCCCCC. The van der Waals surface area contributed by atoms with Crippen LogP contribution >= 0.6 is 0 Å². The Morgan fingerprint density at radius 3 is 1.42 bits per heavy atom. The van der Waals surface area contributed by atoms with E-state index in [1.165, 1.54) is 154 Å². The molecule has 0 heterocycles. The Labute approximate surface area is 322 Å². The number of nitrogens with one attached hydrogen (secondary N) is 1. The average molecular weight is 732 g/mol. The van der Waals surface area contributed by atoms with E-state index in [0.717, 1.165) is 57.8 Å². The third kappa shape index (κ3) is 40.7. The van der Waals surface area contributed by atoms with Crippen molar-refractivity contribution in [3.8, 4) is 0 Å². The van der Waals surface area contributed by atoms with E-state index in [0.29, 0.717) is 12.8 Å². The normalized spacial score (nSPS) is 12.2. The first-order valence-electron chi connectivity index (χ1n) is 22.5. The summed E-state index contributed by atoms with van der Waals surface area (Å²) < 4.78 is 5.90. The van der Waals surface area contributed by atoms with Crippen molar-refractivity contribution in [1.29, 1.82) is 0 Å². The van der Waals surface area contributed by atoms with Crippen LogP contribution in [0.3, 0.4) is 0 Å². The molecule has 1 atom stereocenters. The number of allylic oxidation sites excluding steroid dienone is 3. The van der Waals surface area contributed by atoms with Gasteiger partial charge >= 0.3 is 11.9 Å². The smallest absolute Gasteiger partial charge is 0.322 e. The van der Waals surface area contributed by atoms with Crippen molar-refractivity contribution in [2.24, 2.45) is 0 Å². The van der Waals surface area contributed by atoms with Crippen LogP contribution in [0.5, 0.6) is 0 Å². The minimum absolute atomic E-state index is 0.0932. The Morgan fingerprint density at radius 1 is 0.519 bits per heavy atom. The van der Waals surface area contributed by atoms with E-state index in [2.05, 4.69) is 43.5 Å². The predicted octanol–water partition coefficient (Wildman–Crippen LogP) is 13.9. The first kappa shape index (κ1) is 49.9. The number of hydrogen-bond donors (Lipinski definition) is 2. The highest BCUT2D eigenvalue weighted by Crippen LogP contribution is 2.17. The highest BCUT2D eigenvalue weighted by molar-refractivity contribution is 5.80. The van der Waals surface area contributed by atoms with Gasteiger partial charge in [-0.3, -0.25) is 14.4 Å². The number of esters is 1. The molecular formula is C46H85NO5. The minimum atomic E-state index is -1.03. The second-order valence-electron chi connectivity index (χ2n) is 15.3. The van der Waals surface area contributed by atoms with Gasteiger partial charge in [0.1, 0.15) is 12.6 Å². The molecular weight excluding hydrogens is 647 g/mol. The number of unbranched alkanes of at least 4 members (excludes halogenated alkanes) is 28. The number of ether oxygens (including phenoxy) is 1. The van der Waals surface area contributed by atoms with Crippen LogP contribution in [-0.2, 0) is 19.1 Å². The fourth-order valence-electron chi connectivity index (χ4n) is 6.76. The molecule has 0 fully saturated rings. The number of carbonyl (C=O) groups is 3. The van der Waals surface area contributed by atoms with Gasteiger partial charge in [-0.25, -0.2) is 0 Å². The van der Waals surface area contributed by atoms with Crippen LogP contribution in [0.25, 0.3) is 0 Å². The van der Waals surface area contributed by atoms with E-state index in [1.807, 2.05) is 0 Å². The van der Waals surface area contributed by atoms with Crippen LogP contribution in [0.4, 0.5) is 0 Å². The van der Waals surface area contributed by atoms with E-state index >= 15 is 0 Å². The van der Waals surface area contributed by atoms with Gasteiger partial charge in [-0.1, -0.05) is 199 Å². The number of amides is 1. The molecule has 0 aromatic heterocycles. The second kappa shape index (κ2) is 41.6. The maximum Gasteiger partial charge on any atom is 0.322 e. The molecule has 0 saturated heterocycles. The molecule has 0 bridgehead atoms. The largest absolute Gasteiger partial charge is 0.480 e. The molecule has 0 aliphatic carbocycles. The Kier molecular flexibility index (Phi) is 40.0. The third-order valence-corrected chi connectivity index (χ3v) is 10.1. The Balaban J connectivity index is 3.97. The Hall–Kier alpha value is -2.11. The Morgan fingerprint density at radius 2 is 0.942 bits per heavy atom. The first-order chi connectivity index (χ1) is 25.5. The van der Waals surface area contributed by atoms with Crippen LogP contribution < -0.4 is 5.32 Å². The van der Waals surface area contributed by atoms with E-state index in [4.69, 9.17) is 9.84 Å². The first-order valence-corrected chi connectivity index (χ1v) is 22.5. The molecule has 6 heteroatoms. The van der Waals surface area contributed by atoms with Crippen LogP contribution in [0.2, 0.25) is 0 Å². The van der Waals surface area contributed by atoms with Crippen molar-refractivity contribution in [2.75, 3.05) is 6.54 Å². The molecule has 6 nitrogen and oxygen atoms in total. The summed E-state index contributed by atoms with van der Waals surface area (Å²) in [6.07, 6.45) is 50.5. The van der Waals surface area contributed by atoms with E-state index in [9.17, 15) is 14.4 Å². The van der Waals surface area contributed by atoms with E-state index in [-0.39, 0.29) is 24.5 Å². The summed E-state index contributed by atoms with van der Waals surface area (Å²) >= 11 is 0. The fourth-order valence-corrected chi connectivity index (χ4v) is 6.76. The zero-order valence-electron chi connectivity index (χ0n) is 34.4. The van der Waals surface area contributed by atoms with Crippen LogP contribution in [-0.4, -0.2) is 35.6 Å². The predicted molar refractivity (Wildman–Crippen MR) is 222 cm³/mol. The average Bonchev–Trinajstić information content (AvgIpc) is 3.13. The lowest BCUT2D eigenvalue weighted by Gasteiger charge is -2.14. The quantitative estimate of drug-likeness (QED) is 0.0371. The number of rotatable bonds is 41. The van der Waals surface area contributed by atoms with Crippen LogP contribution in [0, 0.1) is 0 Å². The lowest BCUT2D eigenvalue weighted by Crippen LogP contribution is -2.28. The van der Waals surface area contributed by atoms with Crippen molar-refractivity contribution in [3.05, 3.63) is 24.3 Å². The summed E-state index contributed by atoms with van der Waals surface area (Å²) in [5.41, 5.74) is 0. The third-order valence-electron chi connectivity index (χ3n) is 10.1. The van der Waals surface area contributed by atoms with Gasteiger partial charge in [0, 0.05) is 12.8 Å². The van der Waals surface area contributed by atoms with Gasteiger partial charge in [-0.05, 0) is 51.0 Å². The topological polar surface area (TPSA) is 92.7 Å². The van der Waals surface area contributed by atoms with Gasteiger partial charge in [0.15, 0.2) is 0 Å². The fraction of sp³-hybridized carbons (Fsp3) is 0.848. The zero-order chi connectivity index (χ0) is 38.0. The van der Waals surface area contributed by atoms with Crippen molar-refractivity contribution in [1.82, 2.24) is 5.32 Å². The molecule has 0 saturated carbocycles. The lowest BCUT2D eigenvalue weighted by molar-refractivity contribution is -0.147. The van der Waals surface area contributed by atoms with Gasteiger partial charge in [-0.15, -0.1) is 0 Å². The summed E-state index contributed by atoms with van der Waals surface area (Å²) in [7, 11) is 0. The molecule has 0 radical (unpaired) electrons. The molecule has 304 valence electrons. The molecule has 0 aromatic rings. The minimum Gasteiger partial charge on any atom is -0.480 e. The van der Waals surface area contributed by atoms with Crippen molar-refractivity contribution < 1.29 is 24.2 Å². The standard InChI is InChI=1S/C46H85NO5/c1-3-5-7-9-11-13-14-15-16-17-18-19-20-21-22-23-24-25-27-29-31-37-41-46(51)52-43(38-34-30-28-26-12-10-8-6-4-2)39-35-32-33-36-40-44(48)47-42-45(49)50/h26,28,34,38,43H,3-25,27,29-33,35-37,39-42H2,1-2H3,(H,47,48)(H,49,50)/b28-26-,38-34-. The summed E-state index contributed by atoms with van der Waals surface area (Å²) in [6.45, 7) is 4.20. The van der Waals surface area contributed by atoms with Gasteiger partial charge in [-0.2, -0.15) is 0 Å². The molecule has 2 N–H and O–H groups in total. The zero-order valence-corrected chi connectivity index (χ0v) is 34.4. The van der Waals surface area contributed by atoms with Crippen molar-refractivity contribution in [2.45, 2.75) is 245 Å². The summed E-state index contributed by atoms with van der Waals surface area (Å²) in [6, 6.07) is 0. The maximum atomic E-state index is 12.7. The molecule has 0 spiro atoms. The van der Waals surface area contributed by atoms with Gasteiger partial charge in [0.2, 0.25) is 5.91 Å². The Bertz CT molecular complexity index is 854. The number of carbonyl (C=O) groups excluding carboxylic acids is 2. The van der Waals surface area contributed by atoms with E-state index < -0.39 is 5.97 Å². The number of carboxylic acids is 1. The van der Waals surface area contributed by atoms with E-state index in [1.54, 1.807) is 0 Å². The van der Waals surface area contributed by atoms with Crippen LogP contribution in [0.1, 0.15) is 239 Å². The van der Waals surface area contributed by atoms with Gasteiger partial charge in [0.05, 0.1) is 0 Å². The second-order valence-corrected chi connectivity index (χ2v) is 15.3.